The Balaban J connectivity index is 1.66. The SMILES string of the molecule is OCCNCn1cnc2c(Nc3cccc(-c4ccccc4)c3Cl)nccc21. The van der Waals surface area contributed by atoms with Crippen molar-refractivity contribution in [2.75, 3.05) is 18.5 Å². The molecule has 2 aromatic carbocycles. The zero-order chi connectivity index (χ0) is 19.3. The lowest BCUT2D eigenvalue weighted by Gasteiger charge is -2.12. The molecule has 0 aliphatic carbocycles. The third kappa shape index (κ3) is 3.71. The number of hydrogen-bond acceptors (Lipinski definition) is 5. The molecule has 0 bridgehead atoms. The molecule has 0 saturated heterocycles. The minimum absolute atomic E-state index is 0.0945. The van der Waals surface area contributed by atoms with Crippen LogP contribution in [0.2, 0.25) is 5.02 Å². The molecule has 2 aromatic heterocycles. The van der Waals surface area contributed by atoms with Crippen molar-refractivity contribution in [2.24, 2.45) is 0 Å². The molecule has 0 saturated carbocycles. The predicted octanol–water partition coefficient (Wildman–Crippen LogP) is 4.03. The zero-order valence-corrected chi connectivity index (χ0v) is 15.9. The van der Waals surface area contributed by atoms with E-state index in [2.05, 4.69) is 20.6 Å². The lowest BCUT2D eigenvalue weighted by molar-refractivity contribution is 0.287. The average molecular weight is 394 g/mol. The smallest absolute Gasteiger partial charge is 0.158 e. The minimum atomic E-state index is 0.0945. The third-order valence-corrected chi connectivity index (χ3v) is 4.85. The number of aromatic nitrogens is 3. The maximum absolute atomic E-state index is 8.93. The van der Waals surface area contributed by atoms with Gasteiger partial charge in [-0.15, -0.1) is 0 Å². The van der Waals surface area contributed by atoms with Gasteiger partial charge in [-0.3, -0.25) is 5.32 Å². The molecule has 28 heavy (non-hydrogen) atoms. The zero-order valence-electron chi connectivity index (χ0n) is 15.1. The van der Waals surface area contributed by atoms with Crippen molar-refractivity contribution in [3.05, 3.63) is 72.1 Å². The van der Waals surface area contributed by atoms with Crippen molar-refractivity contribution in [3.63, 3.8) is 0 Å². The van der Waals surface area contributed by atoms with E-state index in [1.807, 2.05) is 59.2 Å². The van der Waals surface area contributed by atoms with Crippen LogP contribution in [0.4, 0.5) is 11.5 Å². The third-order valence-electron chi connectivity index (χ3n) is 4.45. The van der Waals surface area contributed by atoms with Crippen LogP contribution in [0.25, 0.3) is 22.2 Å². The fraction of sp³-hybridized carbons (Fsp3) is 0.143. The summed E-state index contributed by atoms with van der Waals surface area (Å²) in [5.74, 6) is 0.644. The van der Waals surface area contributed by atoms with Crippen LogP contribution >= 0.6 is 11.6 Å². The number of pyridine rings is 1. The molecule has 142 valence electrons. The molecule has 4 rings (SSSR count). The number of halogens is 1. The second kappa shape index (κ2) is 8.39. The summed E-state index contributed by atoms with van der Waals surface area (Å²) >= 11 is 6.68. The number of rotatable bonds is 7. The molecular weight excluding hydrogens is 374 g/mol. The molecule has 0 aliphatic heterocycles. The number of nitrogens with zero attached hydrogens (tertiary/aromatic N) is 3. The number of benzene rings is 2. The van der Waals surface area contributed by atoms with Crippen molar-refractivity contribution >= 4 is 34.1 Å². The molecule has 7 heteroatoms. The highest BCUT2D eigenvalue weighted by atomic mass is 35.5. The van der Waals surface area contributed by atoms with Crippen molar-refractivity contribution in [3.8, 4) is 11.1 Å². The standard InChI is InChI=1S/C21H20ClN5O/c22-19-16(15-5-2-1-3-6-15)7-4-8-17(19)26-21-20-18(9-10-24-21)27(14-25-20)13-23-11-12-28/h1-10,14,23,28H,11-13H2,(H,24,26). The Kier molecular flexibility index (Phi) is 5.53. The summed E-state index contributed by atoms with van der Waals surface area (Å²) in [6.07, 6.45) is 3.49. The predicted molar refractivity (Wildman–Crippen MR) is 113 cm³/mol. The monoisotopic (exact) mass is 393 g/mol. The highest BCUT2D eigenvalue weighted by molar-refractivity contribution is 6.36. The quantitative estimate of drug-likeness (QED) is 0.413. The number of anilines is 2. The van der Waals surface area contributed by atoms with Crippen LogP contribution in [0, 0.1) is 0 Å². The molecule has 2 heterocycles. The first-order chi connectivity index (χ1) is 13.8. The number of aliphatic hydroxyl groups is 1. The largest absolute Gasteiger partial charge is 0.395 e. The molecule has 6 nitrogen and oxygen atoms in total. The highest BCUT2D eigenvalue weighted by Crippen LogP contribution is 2.35. The Morgan fingerprint density at radius 2 is 1.86 bits per heavy atom. The second-order valence-corrected chi connectivity index (χ2v) is 6.66. The number of imidazole rings is 1. The van der Waals surface area contributed by atoms with Gasteiger partial charge >= 0.3 is 0 Å². The van der Waals surface area contributed by atoms with E-state index in [4.69, 9.17) is 16.7 Å². The van der Waals surface area contributed by atoms with Gasteiger partial charge < -0.3 is 15.0 Å². The second-order valence-electron chi connectivity index (χ2n) is 6.28. The molecule has 4 aromatic rings. The van der Waals surface area contributed by atoms with E-state index in [0.717, 1.165) is 27.8 Å². The number of hydrogen-bond donors (Lipinski definition) is 3. The maximum atomic E-state index is 8.93. The molecule has 0 fully saturated rings. The van der Waals surface area contributed by atoms with Crippen LogP contribution in [0.3, 0.4) is 0 Å². The van der Waals surface area contributed by atoms with Gasteiger partial charge in [0.05, 0.1) is 35.8 Å². The molecule has 3 N–H and O–H groups in total. The van der Waals surface area contributed by atoms with E-state index in [1.54, 1.807) is 12.5 Å². The Morgan fingerprint density at radius 3 is 2.68 bits per heavy atom. The summed E-state index contributed by atoms with van der Waals surface area (Å²) in [7, 11) is 0. The van der Waals surface area contributed by atoms with Gasteiger partial charge in [-0.25, -0.2) is 9.97 Å². The van der Waals surface area contributed by atoms with Crippen molar-refractivity contribution in [2.45, 2.75) is 6.67 Å². The normalized spacial score (nSPS) is 11.1. The van der Waals surface area contributed by atoms with Crippen molar-refractivity contribution < 1.29 is 5.11 Å². The molecule has 0 spiro atoms. The Hall–Kier alpha value is -2.93. The van der Waals surface area contributed by atoms with Gasteiger partial charge in [0, 0.05) is 18.3 Å². The molecule has 0 radical (unpaired) electrons. The van der Waals surface area contributed by atoms with E-state index >= 15 is 0 Å². The van der Waals surface area contributed by atoms with Gasteiger partial charge in [0.2, 0.25) is 0 Å². The van der Waals surface area contributed by atoms with Crippen LogP contribution in [-0.4, -0.2) is 32.8 Å². The van der Waals surface area contributed by atoms with Crippen LogP contribution in [-0.2, 0) is 6.67 Å². The number of aliphatic hydroxyl groups excluding tert-OH is 1. The van der Waals surface area contributed by atoms with Gasteiger partial charge in [-0.05, 0) is 17.7 Å². The van der Waals surface area contributed by atoms with E-state index in [-0.39, 0.29) is 6.61 Å². The van der Waals surface area contributed by atoms with Gasteiger partial charge in [0.1, 0.15) is 5.52 Å². The first-order valence-electron chi connectivity index (χ1n) is 9.00. The molecule has 0 amide bonds. The van der Waals surface area contributed by atoms with Crippen LogP contribution < -0.4 is 10.6 Å². The number of fused-ring (bicyclic) bond motifs is 1. The summed E-state index contributed by atoms with van der Waals surface area (Å²) in [6.45, 7) is 1.18. The minimum Gasteiger partial charge on any atom is -0.395 e. The van der Waals surface area contributed by atoms with Crippen LogP contribution in [0.1, 0.15) is 0 Å². The fourth-order valence-corrected chi connectivity index (χ4v) is 3.37. The summed E-state index contributed by atoms with van der Waals surface area (Å²) in [5.41, 5.74) is 4.49. The summed E-state index contributed by atoms with van der Waals surface area (Å²) in [6, 6.07) is 17.8. The molecule has 0 unspecified atom stereocenters. The first kappa shape index (κ1) is 18.4. The van der Waals surface area contributed by atoms with E-state index in [1.165, 1.54) is 0 Å². The van der Waals surface area contributed by atoms with E-state index < -0.39 is 0 Å². The van der Waals surface area contributed by atoms with E-state index in [0.29, 0.717) is 24.1 Å². The Morgan fingerprint density at radius 1 is 1.00 bits per heavy atom. The lowest BCUT2D eigenvalue weighted by Crippen LogP contribution is -2.21. The molecule has 0 atom stereocenters. The lowest BCUT2D eigenvalue weighted by atomic mass is 10.1. The molecular formula is C21H20ClN5O. The first-order valence-corrected chi connectivity index (χ1v) is 9.38. The van der Waals surface area contributed by atoms with Gasteiger partial charge in [0.25, 0.3) is 0 Å². The number of nitrogens with one attached hydrogen (secondary N) is 2. The fourth-order valence-electron chi connectivity index (χ4n) is 3.09. The van der Waals surface area contributed by atoms with Gasteiger partial charge in [-0.2, -0.15) is 0 Å². The van der Waals surface area contributed by atoms with Crippen molar-refractivity contribution in [1.29, 1.82) is 0 Å². The maximum Gasteiger partial charge on any atom is 0.158 e. The van der Waals surface area contributed by atoms with E-state index in [9.17, 15) is 0 Å². The topological polar surface area (TPSA) is 75.0 Å². The summed E-state index contributed by atoms with van der Waals surface area (Å²) in [5, 5.41) is 16.0. The van der Waals surface area contributed by atoms with Crippen molar-refractivity contribution in [1.82, 2.24) is 19.9 Å². The summed E-state index contributed by atoms with van der Waals surface area (Å²) < 4.78 is 1.97. The Labute approximate surface area is 167 Å². The summed E-state index contributed by atoms with van der Waals surface area (Å²) in [4.78, 5) is 8.95. The van der Waals surface area contributed by atoms with Gasteiger partial charge in [0.15, 0.2) is 5.82 Å². The highest BCUT2D eigenvalue weighted by Gasteiger charge is 2.12. The van der Waals surface area contributed by atoms with Crippen LogP contribution in [0.15, 0.2) is 67.1 Å². The molecule has 0 aliphatic rings. The van der Waals surface area contributed by atoms with Crippen LogP contribution in [0.5, 0.6) is 0 Å². The van der Waals surface area contributed by atoms with Gasteiger partial charge in [-0.1, -0.05) is 54.1 Å². The Bertz CT molecular complexity index is 1080. The average Bonchev–Trinajstić information content (AvgIpc) is 3.15.